The summed E-state index contributed by atoms with van der Waals surface area (Å²) in [6.45, 7) is 0. The largest absolute Gasteiger partial charge is 0.455 e. The Kier molecular flexibility index (Phi) is 7.48. The van der Waals surface area contributed by atoms with Crippen LogP contribution in [0.2, 0.25) is 0 Å². The number of fused-ring (bicyclic) bond motifs is 13. The Morgan fingerprint density at radius 3 is 1.77 bits per heavy atom. The lowest BCUT2D eigenvalue weighted by atomic mass is 9.82. The van der Waals surface area contributed by atoms with E-state index in [4.69, 9.17) is 23.8 Å². The summed E-state index contributed by atoms with van der Waals surface area (Å²) in [5.74, 6) is 1.57. The molecule has 0 radical (unpaired) electrons. The summed E-state index contributed by atoms with van der Waals surface area (Å²) in [5.41, 5.74) is 13.1. The molecular weight excluding hydrogens is 785 g/mol. The van der Waals surface area contributed by atoms with Crippen molar-refractivity contribution in [3.05, 3.63) is 205 Å². The number of benzene rings is 9. The smallest absolute Gasteiger partial charge is 0.238 e. The average molecular weight is 821 g/mol. The van der Waals surface area contributed by atoms with Gasteiger partial charge < -0.3 is 8.83 Å². The van der Waals surface area contributed by atoms with Gasteiger partial charge in [0.2, 0.25) is 5.95 Å². The highest BCUT2D eigenvalue weighted by Gasteiger charge is 2.31. The van der Waals surface area contributed by atoms with E-state index < -0.39 is 0 Å². The second-order valence-corrected chi connectivity index (χ2v) is 17.0. The molecule has 6 heteroatoms. The van der Waals surface area contributed by atoms with E-state index >= 15 is 0 Å². The molecule has 0 spiro atoms. The Hall–Kier alpha value is -8.35. The molecule has 0 N–H and O–H groups in total. The van der Waals surface area contributed by atoms with Gasteiger partial charge >= 0.3 is 0 Å². The molecule has 4 heterocycles. The van der Waals surface area contributed by atoms with E-state index in [1.807, 2.05) is 30.3 Å². The third-order valence-electron chi connectivity index (χ3n) is 13.5. The molecule has 4 aromatic heterocycles. The molecule has 9 aromatic carbocycles. The summed E-state index contributed by atoms with van der Waals surface area (Å²) in [6, 6.07) is 66.6. The van der Waals surface area contributed by atoms with Crippen LogP contribution in [-0.4, -0.2) is 19.5 Å². The topological polar surface area (TPSA) is 69.9 Å². The Balaban J connectivity index is 1.09. The fraction of sp³-hybridized carbons (Fsp3) is 0.0517. The maximum Gasteiger partial charge on any atom is 0.238 e. The molecule has 0 amide bonds. The SMILES string of the molecule is c1ccc2c(c1)-c1cc3ccccc3cc1CCC2c1ccc2c(oc3ccccc32)c1-c1nc(-c2cccc3c2oc2ccccc23)nc(-n2c3ccccc3c3ccccc32)n1. The van der Waals surface area contributed by atoms with Gasteiger partial charge in [-0.15, -0.1) is 0 Å². The van der Waals surface area contributed by atoms with Gasteiger partial charge in [0.25, 0.3) is 0 Å². The first kappa shape index (κ1) is 35.3. The van der Waals surface area contributed by atoms with Gasteiger partial charge in [0, 0.05) is 38.2 Å². The van der Waals surface area contributed by atoms with Crippen molar-refractivity contribution in [1.82, 2.24) is 19.5 Å². The van der Waals surface area contributed by atoms with Gasteiger partial charge in [-0.25, -0.2) is 4.98 Å². The summed E-state index contributed by atoms with van der Waals surface area (Å²) in [5, 5.41) is 8.89. The molecule has 1 atom stereocenters. The van der Waals surface area contributed by atoms with Crippen LogP contribution in [-0.2, 0) is 6.42 Å². The van der Waals surface area contributed by atoms with Crippen molar-refractivity contribution in [2.24, 2.45) is 0 Å². The maximum absolute atomic E-state index is 7.00. The third-order valence-corrected chi connectivity index (χ3v) is 13.5. The van der Waals surface area contributed by atoms with Crippen molar-refractivity contribution in [3.8, 4) is 39.9 Å². The monoisotopic (exact) mass is 820 g/mol. The van der Waals surface area contributed by atoms with Crippen molar-refractivity contribution in [2.45, 2.75) is 18.8 Å². The first-order valence-electron chi connectivity index (χ1n) is 21.9. The van der Waals surface area contributed by atoms with Gasteiger partial charge in [-0.1, -0.05) is 152 Å². The fourth-order valence-electron chi connectivity index (χ4n) is 10.7. The Morgan fingerprint density at radius 1 is 0.422 bits per heavy atom. The van der Waals surface area contributed by atoms with Crippen molar-refractivity contribution in [1.29, 1.82) is 0 Å². The van der Waals surface area contributed by atoms with Crippen LogP contribution in [0.25, 0.3) is 116 Å². The van der Waals surface area contributed by atoms with Gasteiger partial charge in [-0.3, -0.25) is 4.57 Å². The Morgan fingerprint density at radius 2 is 1.00 bits per heavy atom. The lowest BCUT2D eigenvalue weighted by molar-refractivity contribution is 0.666. The van der Waals surface area contributed by atoms with Gasteiger partial charge in [-0.05, 0) is 87.8 Å². The van der Waals surface area contributed by atoms with E-state index in [0.29, 0.717) is 17.6 Å². The molecule has 300 valence electrons. The van der Waals surface area contributed by atoms with Crippen LogP contribution in [0.5, 0.6) is 0 Å². The van der Waals surface area contributed by atoms with Crippen LogP contribution in [0.1, 0.15) is 29.0 Å². The normalized spacial score (nSPS) is 14.0. The number of aryl methyl sites for hydroxylation is 1. The summed E-state index contributed by atoms with van der Waals surface area (Å²) < 4.78 is 15.9. The fourth-order valence-corrected chi connectivity index (χ4v) is 10.7. The minimum Gasteiger partial charge on any atom is -0.455 e. The summed E-state index contributed by atoms with van der Waals surface area (Å²) >= 11 is 0. The van der Waals surface area contributed by atoms with E-state index in [1.54, 1.807) is 0 Å². The number of hydrogen-bond acceptors (Lipinski definition) is 5. The highest BCUT2D eigenvalue weighted by molar-refractivity contribution is 6.12. The third kappa shape index (κ3) is 5.17. The molecule has 1 aliphatic carbocycles. The molecule has 0 fully saturated rings. The molecule has 13 aromatic rings. The zero-order chi connectivity index (χ0) is 41.9. The van der Waals surface area contributed by atoms with E-state index in [9.17, 15) is 0 Å². The predicted octanol–water partition coefficient (Wildman–Crippen LogP) is 15.0. The summed E-state index contributed by atoms with van der Waals surface area (Å²) in [6.07, 6.45) is 1.79. The number of para-hydroxylation sites is 5. The quantitative estimate of drug-likeness (QED) is 0.177. The standard InChI is InChI=1S/C58H36N4O2/c1-2-15-35-33-48-36(32-34(35)14-1)28-29-39(37-16-3-4-17-38(37)48)44-30-31-46-43-21-8-12-27-52(43)64-55(46)53(44)57-59-56(47-23-13-22-45-42-20-7-11-26-51(42)63-54(45)47)60-58(61-57)62-49-24-9-5-18-40(49)41-19-6-10-25-50(41)62/h1-27,30-33,39H,28-29H2. The predicted molar refractivity (Wildman–Crippen MR) is 259 cm³/mol. The highest BCUT2D eigenvalue weighted by atomic mass is 16.3. The molecular formula is C58H36N4O2. The number of hydrogen-bond donors (Lipinski definition) is 0. The lowest BCUT2D eigenvalue weighted by Gasteiger charge is -2.22. The van der Waals surface area contributed by atoms with Gasteiger partial charge in [0.15, 0.2) is 11.6 Å². The molecule has 1 aliphatic rings. The molecule has 6 nitrogen and oxygen atoms in total. The van der Waals surface area contributed by atoms with Crippen LogP contribution in [0.15, 0.2) is 197 Å². The first-order chi connectivity index (χ1) is 31.7. The van der Waals surface area contributed by atoms with E-state index in [0.717, 1.165) is 95.2 Å². The molecule has 0 aliphatic heterocycles. The van der Waals surface area contributed by atoms with Crippen molar-refractivity contribution in [3.63, 3.8) is 0 Å². The van der Waals surface area contributed by atoms with Crippen molar-refractivity contribution < 1.29 is 8.83 Å². The molecule has 1 unspecified atom stereocenters. The minimum absolute atomic E-state index is 0.00460. The second-order valence-electron chi connectivity index (χ2n) is 17.0. The van der Waals surface area contributed by atoms with Crippen LogP contribution in [0, 0.1) is 0 Å². The minimum atomic E-state index is -0.00460. The maximum atomic E-state index is 7.00. The first-order valence-corrected chi connectivity index (χ1v) is 21.9. The number of nitrogens with zero attached hydrogens (tertiary/aromatic N) is 4. The second kappa shape index (κ2) is 13.6. The van der Waals surface area contributed by atoms with E-state index in [-0.39, 0.29) is 5.92 Å². The van der Waals surface area contributed by atoms with E-state index in [2.05, 4.69) is 162 Å². The molecule has 0 bridgehead atoms. The molecule has 0 saturated carbocycles. The van der Waals surface area contributed by atoms with Crippen LogP contribution in [0.3, 0.4) is 0 Å². The zero-order valence-corrected chi connectivity index (χ0v) is 34.5. The Labute approximate surface area is 366 Å². The Bertz CT molecular complexity index is 4010. The summed E-state index contributed by atoms with van der Waals surface area (Å²) in [7, 11) is 0. The number of aromatic nitrogens is 4. The van der Waals surface area contributed by atoms with Gasteiger partial charge in [-0.2, -0.15) is 9.97 Å². The van der Waals surface area contributed by atoms with Crippen molar-refractivity contribution >= 4 is 76.5 Å². The van der Waals surface area contributed by atoms with Gasteiger partial charge in [0.1, 0.15) is 22.3 Å². The highest BCUT2D eigenvalue weighted by Crippen LogP contribution is 2.48. The van der Waals surface area contributed by atoms with Gasteiger partial charge in [0.05, 0.1) is 22.2 Å². The molecule has 0 saturated heterocycles. The average Bonchev–Trinajstić information content (AvgIpc) is 4.00. The van der Waals surface area contributed by atoms with Crippen molar-refractivity contribution in [2.75, 3.05) is 0 Å². The lowest BCUT2D eigenvalue weighted by Crippen LogP contribution is -2.09. The molecule has 14 rings (SSSR count). The van der Waals surface area contributed by atoms with Crippen LogP contribution >= 0.6 is 0 Å². The number of rotatable bonds is 4. The zero-order valence-electron chi connectivity index (χ0n) is 34.5. The van der Waals surface area contributed by atoms with Crippen LogP contribution < -0.4 is 0 Å². The number of furan rings is 2. The van der Waals surface area contributed by atoms with E-state index in [1.165, 1.54) is 33.0 Å². The summed E-state index contributed by atoms with van der Waals surface area (Å²) in [4.78, 5) is 16.5. The molecule has 64 heavy (non-hydrogen) atoms. The van der Waals surface area contributed by atoms with Crippen LogP contribution in [0.4, 0.5) is 0 Å².